The summed E-state index contributed by atoms with van der Waals surface area (Å²) in [5.74, 6) is 0.795. The largest absolute Gasteiger partial charge is 0.449 e. The molecule has 1 amide bonds. The number of halogens is 1. The topological polar surface area (TPSA) is 52.3 Å². The van der Waals surface area contributed by atoms with E-state index in [9.17, 15) is 4.79 Å². The number of hydrogen-bond acceptors (Lipinski definition) is 3. The van der Waals surface area contributed by atoms with Gasteiger partial charge in [0.05, 0.1) is 0 Å². The third kappa shape index (κ3) is 6.35. The molecular formula is C3H6INO2S. The van der Waals surface area contributed by atoms with E-state index in [2.05, 4.69) is 31.7 Å². The highest BCUT2D eigenvalue weighted by molar-refractivity contribution is 14.2. The van der Waals surface area contributed by atoms with Crippen molar-refractivity contribution < 1.29 is 9.53 Å². The quantitative estimate of drug-likeness (QED) is 0.601. The maximum absolute atomic E-state index is 9.86. The van der Waals surface area contributed by atoms with Crippen molar-refractivity contribution in [3.05, 3.63) is 0 Å². The Kier molecular flexibility index (Phi) is 5.73. The third-order valence-electron chi connectivity index (χ3n) is 0.405. The fourth-order valence-corrected chi connectivity index (χ4v) is 0.859. The first kappa shape index (κ1) is 8.35. The monoisotopic (exact) mass is 247 g/mol. The van der Waals surface area contributed by atoms with E-state index >= 15 is 0 Å². The predicted octanol–water partition coefficient (Wildman–Crippen LogP) is 1.16. The fraction of sp³-hybridized carbons (Fsp3) is 0.667. The molecule has 3 nitrogen and oxygen atoms in total. The van der Waals surface area contributed by atoms with E-state index in [0.29, 0.717) is 6.61 Å². The number of ether oxygens (including phenoxy) is 1. The molecule has 2 N–H and O–H groups in total. The Hall–Kier alpha value is 0.350. The zero-order valence-corrected chi connectivity index (χ0v) is 7.07. The average molecular weight is 247 g/mol. The zero-order valence-electron chi connectivity index (χ0n) is 4.09. The molecule has 0 saturated heterocycles. The van der Waals surface area contributed by atoms with Crippen molar-refractivity contribution in [1.29, 1.82) is 0 Å². The molecule has 8 heavy (non-hydrogen) atoms. The SMILES string of the molecule is NC(=O)OCCSI. The molecule has 0 rings (SSSR count). The lowest BCUT2D eigenvalue weighted by Gasteiger charge is -1.95. The van der Waals surface area contributed by atoms with Crippen LogP contribution in [0.3, 0.4) is 0 Å². The van der Waals surface area contributed by atoms with Crippen molar-refractivity contribution in [2.45, 2.75) is 0 Å². The first-order valence-electron chi connectivity index (χ1n) is 1.93. The molecule has 0 bridgehead atoms. The van der Waals surface area contributed by atoms with Gasteiger partial charge in [-0.05, 0) is 21.2 Å². The molecule has 48 valence electrons. The van der Waals surface area contributed by atoms with E-state index in [0.717, 1.165) is 5.75 Å². The van der Waals surface area contributed by atoms with Crippen molar-refractivity contribution in [3.63, 3.8) is 0 Å². The summed E-state index contributed by atoms with van der Waals surface area (Å²) in [7, 11) is 1.58. The Balaban J connectivity index is 2.82. The van der Waals surface area contributed by atoms with Gasteiger partial charge in [0.15, 0.2) is 0 Å². The maximum Gasteiger partial charge on any atom is 0.404 e. The molecule has 0 aromatic carbocycles. The molecule has 0 aliphatic heterocycles. The van der Waals surface area contributed by atoms with Crippen LogP contribution in [0.25, 0.3) is 0 Å². The second-order valence-corrected chi connectivity index (χ2v) is 3.48. The highest BCUT2D eigenvalue weighted by Gasteiger charge is 1.89. The Morgan fingerprint density at radius 1 is 1.88 bits per heavy atom. The number of rotatable bonds is 3. The Labute approximate surface area is 63.9 Å². The third-order valence-corrected chi connectivity index (χ3v) is 2.05. The summed E-state index contributed by atoms with van der Waals surface area (Å²) in [4.78, 5) is 9.86. The maximum atomic E-state index is 9.86. The molecule has 0 atom stereocenters. The van der Waals surface area contributed by atoms with Gasteiger partial charge in [-0.1, -0.05) is 8.93 Å². The van der Waals surface area contributed by atoms with Crippen molar-refractivity contribution >= 4 is 36.2 Å². The standard InChI is InChI=1S/C3H6INO2S/c4-8-2-1-7-3(5)6/h1-2H2,(H2,5,6). The summed E-state index contributed by atoms with van der Waals surface area (Å²) < 4.78 is 4.40. The van der Waals surface area contributed by atoms with Crippen LogP contribution in [-0.4, -0.2) is 18.5 Å². The molecule has 0 aliphatic carbocycles. The Morgan fingerprint density at radius 3 is 2.88 bits per heavy atom. The van der Waals surface area contributed by atoms with E-state index in [1.54, 1.807) is 8.93 Å². The second kappa shape index (κ2) is 5.49. The van der Waals surface area contributed by atoms with Crippen molar-refractivity contribution in [2.24, 2.45) is 5.73 Å². The lowest BCUT2D eigenvalue weighted by molar-refractivity contribution is 0.164. The van der Waals surface area contributed by atoms with Crippen LogP contribution in [-0.2, 0) is 4.74 Å². The van der Waals surface area contributed by atoms with Crippen LogP contribution in [0, 0.1) is 0 Å². The summed E-state index contributed by atoms with van der Waals surface area (Å²) in [5.41, 5.74) is 4.66. The molecule has 0 spiro atoms. The number of hydrogen-bond donors (Lipinski definition) is 1. The molecule has 0 fully saturated rings. The van der Waals surface area contributed by atoms with E-state index in [-0.39, 0.29) is 0 Å². The van der Waals surface area contributed by atoms with Crippen molar-refractivity contribution in [3.8, 4) is 0 Å². The minimum absolute atomic E-state index is 0.406. The number of nitrogens with two attached hydrogens (primary N) is 1. The smallest absolute Gasteiger partial charge is 0.404 e. The number of carbonyl (C=O) groups excluding carboxylic acids is 1. The van der Waals surface area contributed by atoms with Gasteiger partial charge in [0.1, 0.15) is 6.61 Å². The second-order valence-electron chi connectivity index (χ2n) is 0.981. The van der Waals surface area contributed by atoms with Gasteiger partial charge >= 0.3 is 6.09 Å². The van der Waals surface area contributed by atoms with E-state index in [1.165, 1.54) is 0 Å². The minimum atomic E-state index is -0.699. The van der Waals surface area contributed by atoms with E-state index in [1.807, 2.05) is 0 Å². The fourth-order valence-electron chi connectivity index (χ4n) is 0.174. The lowest BCUT2D eigenvalue weighted by Crippen LogP contribution is -2.14. The summed E-state index contributed by atoms with van der Waals surface area (Å²) in [5, 5.41) is 0. The molecule has 0 aromatic rings. The van der Waals surface area contributed by atoms with E-state index in [4.69, 9.17) is 0 Å². The number of primary amides is 1. The van der Waals surface area contributed by atoms with Gasteiger partial charge in [0, 0.05) is 5.75 Å². The van der Waals surface area contributed by atoms with Gasteiger partial charge in [-0.25, -0.2) is 4.79 Å². The summed E-state index contributed by atoms with van der Waals surface area (Å²) in [6.07, 6.45) is -0.699. The highest BCUT2D eigenvalue weighted by Crippen LogP contribution is 2.08. The zero-order chi connectivity index (χ0) is 6.41. The summed E-state index contributed by atoms with van der Waals surface area (Å²) in [6, 6.07) is 0. The van der Waals surface area contributed by atoms with E-state index < -0.39 is 6.09 Å². The molecule has 0 unspecified atom stereocenters. The average Bonchev–Trinajstić information content (AvgIpc) is 1.66. The lowest BCUT2D eigenvalue weighted by atomic mass is 10.9. The van der Waals surface area contributed by atoms with Crippen molar-refractivity contribution in [2.75, 3.05) is 12.4 Å². The molecule has 0 aliphatic rings. The van der Waals surface area contributed by atoms with Gasteiger partial charge < -0.3 is 10.5 Å². The molecule has 5 heteroatoms. The normalized spacial score (nSPS) is 8.62. The van der Waals surface area contributed by atoms with Gasteiger partial charge in [0.2, 0.25) is 0 Å². The minimum Gasteiger partial charge on any atom is -0.449 e. The predicted molar refractivity (Wildman–Crippen MR) is 42.0 cm³/mol. The van der Waals surface area contributed by atoms with Gasteiger partial charge in [-0.3, -0.25) is 0 Å². The number of amides is 1. The summed E-state index contributed by atoms with van der Waals surface area (Å²) >= 11 is 2.12. The molecule has 0 aromatic heterocycles. The Morgan fingerprint density at radius 2 is 2.50 bits per heavy atom. The van der Waals surface area contributed by atoms with Crippen LogP contribution >= 0.6 is 30.1 Å². The first-order valence-corrected chi connectivity index (χ1v) is 5.46. The molecule has 0 radical (unpaired) electrons. The molecule has 0 heterocycles. The van der Waals surface area contributed by atoms with Crippen LogP contribution in [0.1, 0.15) is 0 Å². The summed E-state index contributed by atoms with van der Waals surface area (Å²) in [6.45, 7) is 0.406. The number of carbonyl (C=O) groups is 1. The van der Waals surface area contributed by atoms with Crippen molar-refractivity contribution in [1.82, 2.24) is 0 Å². The molecule has 0 saturated carbocycles. The Bertz CT molecular complexity index is 79.7. The van der Waals surface area contributed by atoms with Crippen LogP contribution in [0.4, 0.5) is 4.79 Å². The van der Waals surface area contributed by atoms with Crippen LogP contribution in [0.2, 0.25) is 0 Å². The van der Waals surface area contributed by atoms with Gasteiger partial charge in [-0.2, -0.15) is 0 Å². The molecular weight excluding hydrogens is 241 g/mol. The van der Waals surface area contributed by atoms with Crippen LogP contribution in [0.5, 0.6) is 0 Å². The van der Waals surface area contributed by atoms with Gasteiger partial charge in [0.25, 0.3) is 0 Å². The van der Waals surface area contributed by atoms with Crippen LogP contribution < -0.4 is 5.73 Å². The highest BCUT2D eigenvalue weighted by atomic mass is 127. The first-order chi connectivity index (χ1) is 3.77. The van der Waals surface area contributed by atoms with Gasteiger partial charge in [-0.15, -0.1) is 0 Å². The van der Waals surface area contributed by atoms with Crippen LogP contribution in [0.15, 0.2) is 0 Å².